The van der Waals surface area contributed by atoms with Gasteiger partial charge in [0.15, 0.2) is 5.82 Å². The predicted octanol–water partition coefficient (Wildman–Crippen LogP) is 4.88. The van der Waals surface area contributed by atoms with Gasteiger partial charge in [-0.05, 0) is 47.3 Å². The Morgan fingerprint density at radius 3 is 2.73 bits per heavy atom. The lowest BCUT2D eigenvalue weighted by Gasteiger charge is -2.13. The second-order valence-corrected chi connectivity index (χ2v) is 8.83. The number of aromatic nitrogens is 1. The summed E-state index contributed by atoms with van der Waals surface area (Å²) in [6, 6.07) is 18.7. The number of methoxy groups -OCH3 is 1. The van der Waals surface area contributed by atoms with Gasteiger partial charge in [-0.2, -0.15) is 0 Å². The number of para-hydroxylation sites is 1. The van der Waals surface area contributed by atoms with Gasteiger partial charge < -0.3 is 26.0 Å². The third-order valence-corrected chi connectivity index (χ3v) is 6.25. The van der Waals surface area contributed by atoms with Gasteiger partial charge in [-0.3, -0.25) is 19.9 Å². The van der Waals surface area contributed by atoms with Crippen molar-refractivity contribution < 1.29 is 14.5 Å². The minimum Gasteiger partial charge on any atom is -0.383 e. The fourth-order valence-electron chi connectivity index (χ4n) is 3.66. The first-order valence-corrected chi connectivity index (χ1v) is 12.3. The molecular formula is C26H26N6O4S. The van der Waals surface area contributed by atoms with Crippen molar-refractivity contribution in [2.75, 3.05) is 36.2 Å². The van der Waals surface area contributed by atoms with Crippen molar-refractivity contribution in [3.05, 3.63) is 105 Å². The molecule has 0 radical (unpaired) electrons. The lowest BCUT2D eigenvalue weighted by molar-refractivity contribution is -0.403. The number of nitrogens with one attached hydrogen (secondary N) is 4. The maximum absolute atomic E-state index is 13.1. The van der Waals surface area contributed by atoms with Gasteiger partial charge in [0.25, 0.3) is 12.1 Å². The maximum Gasteiger partial charge on any atom is 0.274 e. The van der Waals surface area contributed by atoms with E-state index in [4.69, 9.17) is 4.74 Å². The van der Waals surface area contributed by atoms with Crippen LogP contribution in [0.1, 0.15) is 15.2 Å². The van der Waals surface area contributed by atoms with E-state index in [9.17, 15) is 14.9 Å². The molecule has 0 aliphatic carbocycles. The Labute approximate surface area is 217 Å². The van der Waals surface area contributed by atoms with Crippen LogP contribution in [-0.2, 0) is 11.3 Å². The van der Waals surface area contributed by atoms with E-state index < -0.39 is 4.92 Å². The van der Waals surface area contributed by atoms with Crippen LogP contribution in [0.3, 0.4) is 0 Å². The number of hydrogen-bond acceptors (Lipinski definition) is 9. The van der Waals surface area contributed by atoms with Crippen LogP contribution in [0.15, 0.2) is 84.3 Å². The molecule has 190 valence electrons. The van der Waals surface area contributed by atoms with Crippen molar-refractivity contribution in [3.8, 4) is 0 Å². The molecule has 11 heteroatoms. The number of fused-ring (bicyclic) bond motifs is 1. The van der Waals surface area contributed by atoms with Crippen molar-refractivity contribution >= 4 is 45.2 Å². The van der Waals surface area contributed by atoms with Crippen LogP contribution in [-0.4, -0.2) is 36.1 Å². The van der Waals surface area contributed by atoms with Crippen LogP contribution >= 0.6 is 11.3 Å². The zero-order valence-corrected chi connectivity index (χ0v) is 20.9. The molecule has 4 rings (SSSR count). The predicted molar refractivity (Wildman–Crippen MR) is 146 cm³/mol. The lowest BCUT2D eigenvalue weighted by atomic mass is 10.1. The Morgan fingerprint density at radius 2 is 1.92 bits per heavy atom. The van der Waals surface area contributed by atoms with E-state index in [-0.39, 0.29) is 11.7 Å². The average Bonchev–Trinajstić information content (AvgIpc) is 3.36. The SMILES string of the molecule is COCCNC(=C[N+](=O)[O-])Nc1cccc(NC(=O)c2sccc2NCc2ccnc3ccccc23)c1. The molecule has 2 aromatic carbocycles. The topological polar surface area (TPSA) is 130 Å². The van der Waals surface area contributed by atoms with Gasteiger partial charge in [0.2, 0.25) is 0 Å². The summed E-state index contributed by atoms with van der Waals surface area (Å²) in [7, 11) is 1.55. The number of nitro groups is 1. The first-order chi connectivity index (χ1) is 18.0. The van der Waals surface area contributed by atoms with Crippen molar-refractivity contribution in [2.24, 2.45) is 0 Å². The molecule has 0 unspecified atom stereocenters. The van der Waals surface area contributed by atoms with Crippen LogP contribution in [0.25, 0.3) is 10.9 Å². The summed E-state index contributed by atoms with van der Waals surface area (Å²) in [4.78, 5) is 28.4. The molecule has 37 heavy (non-hydrogen) atoms. The van der Waals surface area contributed by atoms with Gasteiger partial charge in [0, 0.05) is 43.2 Å². The molecular weight excluding hydrogens is 492 g/mol. The van der Waals surface area contributed by atoms with Crippen molar-refractivity contribution in [2.45, 2.75) is 6.54 Å². The Balaban J connectivity index is 1.42. The number of amides is 1. The Bertz CT molecular complexity index is 1420. The minimum absolute atomic E-state index is 0.207. The molecule has 0 spiro atoms. The van der Waals surface area contributed by atoms with Crippen LogP contribution in [0.2, 0.25) is 0 Å². The number of hydrogen-bond donors (Lipinski definition) is 4. The van der Waals surface area contributed by atoms with E-state index in [1.54, 1.807) is 37.6 Å². The standard InChI is InChI=1S/C26H26N6O4S/c1-36-13-12-28-24(17-32(34)35)30-19-5-4-6-20(15-19)31-26(33)25-23(10-14-37-25)29-16-18-9-11-27-22-8-3-2-7-21(18)22/h2-11,14-15,17,28-30H,12-13,16H2,1H3,(H,31,33). The highest BCUT2D eigenvalue weighted by atomic mass is 32.1. The summed E-state index contributed by atoms with van der Waals surface area (Å²) in [6.45, 7) is 1.32. The Hall–Kier alpha value is -4.48. The molecule has 0 bridgehead atoms. The van der Waals surface area contributed by atoms with E-state index in [1.807, 2.05) is 41.8 Å². The highest BCUT2D eigenvalue weighted by Crippen LogP contribution is 2.26. The fourth-order valence-corrected chi connectivity index (χ4v) is 4.42. The number of pyridine rings is 1. The molecule has 10 nitrogen and oxygen atoms in total. The van der Waals surface area contributed by atoms with Gasteiger partial charge >= 0.3 is 0 Å². The quantitative estimate of drug-likeness (QED) is 0.119. The molecule has 0 aliphatic heterocycles. The summed E-state index contributed by atoms with van der Waals surface area (Å²) < 4.78 is 4.97. The summed E-state index contributed by atoms with van der Waals surface area (Å²) in [6.07, 6.45) is 2.62. The number of rotatable bonds is 12. The monoisotopic (exact) mass is 518 g/mol. The number of nitrogens with zero attached hydrogens (tertiary/aromatic N) is 2. The van der Waals surface area contributed by atoms with E-state index in [0.29, 0.717) is 35.9 Å². The smallest absolute Gasteiger partial charge is 0.274 e. The molecule has 0 atom stereocenters. The Kier molecular flexibility index (Phi) is 8.63. The second-order valence-electron chi connectivity index (χ2n) is 7.91. The number of thiophene rings is 1. The number of ether oxygens (including phenoxy) is 1. The maximum atomic E-state index is 13.1. The zero-order valence-electron chi connectivity index (χ0n) is 20.1. The molecule has 0 aliphatic rings. The van der Waals surface area contributed by atoms with Gasteiger partial charge in [-0.25, -0.2) is 0 Å². The molecule has 0 fully saturated rings. The largest absolute Gasteiger partial charge is 0.383 e. The molecule has 0 saturated heterocycles. The molecule has 1 amide bonds. The van der Waals surface area contributed by atoms with E-state index >= 15 is 0 Å². The highest BCUT2D eigenvalue weighted by Gasteiger charge is 2.14. The first kappa shape index (κ1) is 25.6. The summed E-state index contributed by atoms with van der Waals surface area (Å²) >= 11 is 1.34. The molecule has 0 saturated carbocycles. The van der Waals surface area contributed by atoms with Gasteiger partial charge in [-0.15, -0.1) is 11.3 Å². The molecule has 2 heterocycles. The van der Waals surface area contributed by atoms with Gasteiger partial charge in [0.05, 0.1) is 22.7 Å². The Morgan fingerprint density at radius 1 is 1.11 bits per heavy atom. The number of anilines is 3. The summed E-state index contributed by atoms with van der Waals surface area (Å²) in [5, 5.41) is 26.0. The highest BCUT2D eigenvalue weighted by molar-refractivity contribution is 7.12. The fraction of sp³-hybridized carbons (Fsp3) is 0.154. The van der Waals surface area contributed by atoms with E-state index in [0.717, 1.165) is 28.4 Å². The second kappa shape index (κ2) is 12.5. The number of benzene rings is 2. The zero-order chi connectivity index (χ0) is 26.0. The van der Waals surface area contributed by atoms with E-state index in [2.05, 4.69) is 26.3 Å². The normalized spacial score (nSPS) is 11.2. The summed E-state index contributed by atoms with van der Waals surface area (Å²) in [5.41, 5.74) is 3.86. The molecule has 2 aromatic heterocycles. The first-order valence-electron chi connectivity index (χ1n) is 11.4. The minimum atomic E-state index is -0.548. The van der Waals surface area contributed by atoms with Crippen LogP contribution in [0.4, 0.5) is 17.1 Å². The van der Waals surface area contributed by atoms with Gasteiger partial charge in [-0.1, -0.05) is 24.3 Å². The van der Waals surface area contributed by atoms with Crippen molar-refractivity contribution in [3.63, 3.8) is 0 Å². The lowest BCUT2D eigenvalue weighted by Crippen LogP contribution is -2.24. The van der Waals surface area contributed by atoms with Crippen molar-refractivity contribution in [1.29, 1.82) is 0 Å². The average molecular weight is 519 g/mol. The van der Waals surface area contributed by atoms with E-state index in [1.165, 1.54) is 11.3 Å². The summed E-state index contributed by atoms with van der Waals surface area (Å²) in [5.74, 6) is -0.0487. The number of carbonyl (C=O) groups is 1. The molecule has 4 N–H and O–H groups in total. The van der Waals surface area contributed by atoms with Gasteiger partial charge in [0.1, 0.15) is 4.88 Å². The molecule has 4 aromatic rings. The third-order valence-electron chi connectivity index (χ3n) is 5.34. The van der Waals surface area contributed by atoms with Crippen LogP contribution in [0.5, 0.6) is 0 Å². The van der Waals surface area contributed by atoms with Crippen LogP contribution in [0, 0.1) is 10.1 Å². The van der Waals surface area contributed by atoms with Crippen LogP contribution < -0.4 is 21.3 Å². The van der Waals surface area contributed by atoms with Crippen molar-refractivity contribution in [1.82, 2.24) is 10.3 Å². The number of carbonyl (C=O) groups excluding carboxylic acids is 1. The third kappa shape index (κ3) is 7.03.